The van der Waals surface area contributed by atoms with Crippen LogP contribution < -0.4 is 5.32 Å². The molecule has 0 radical (unpaired) electrons. The van der Waals surface area contributed by atoms with Gasteiger partial charge >= 0.3 is 0 Å². The van der Waals surface area contributed by atoms with Crippen LogP contribution in [0.25, 0.3) is 0 Å². The molecule has 0 aromatic carbocycles. The lowest BCUT2D eigenvalue weighted by Crippen LogP contribution is -2.29. The van der Waals surface area contributed by atoms with Crippen LogP contribution in [0.5, 0.6) is 0 Å². The first-order valence-electron chi connectivity index (χ1n) is 4.22. The summed E-state index contributed by atoms with van der Waals surface area (Å²) in [4.78, 5) is 0. The average Bonchev–Trinajstić information content (AvgIpc) is 1.89. The smallest absolute Gasteiger partial charge is 0.104 e. The number of hydrogen-bond donors (Lipinski definition) is 2. The highest BCUT2D eigenvalue weighted by atomic mass is 16.3. The third-order valence-electron chi connectivity index (χ3n) is 1.47. The van der Waals surface area contributed by atoms with E-state index < -0.39 is 0 Å². The second kappa shape index (κ2) is 7.03. The van der Waals surface area contributed by atoms with Crippen LogP contribution in [0, 0.1) is 0 Å². The van der Waals surface area contributed by atoms with Crippen molar-refractivity contribution in [2.24, 2.45) is 0 Å². The highest BCUT2D eigenvalue weighted by Crippen LogP contribution is 1.92. The van der Waals surface area contributed by atoms with Crippen LogP contribution in [0.3, 0.4) is 0 Å². The number of nitrogens with one attached hydrogen (secondary N) is 1. The Bertz CT molecular complexity index is 66.3. The summed E-state index contributed by atoms with van der Waals surface area (Å²) in [7, 11) is 0. The molecule has 1 unspecified atom stereocenters. The maximum atomic E-state index is 9.16. The minimum Gasteiger partial charge on any atom is -0.379 e. The fourth-order valence-electron chi connectivity index (χ4n) is 0.821. The summed E-state index contributed by atoms with van der Waals surface area (Å²) in [5, 5.41) is 12.2. The van der Waals surface area contributed by atoms with Crippen LogP contribution in [-0.4, -0.2) is 17.9 Å². The maximum Gasteiger partial charge on any atom is 0.104 e. The van der Waals surface area contributed by atoms with Crippen LogP contribution in [0.1, 0.15) is 39.5 Å². The standard InChI is InChI=1S/C8H19NO/c1-3-5-7-9-8(10)6-4-2/h8-10H,3-7H2,1-2H3. The molecule has 0 saturated heterocycles. The third kappa shape index (κ3) is 6.05. The van der Waals surface area contributed by atoms with Gasteiger partial charge in [0.2, 0.25) is 0 Å². The molecule has 0 aliphatic rings. The van der Waals surface area contributed by atoms with Gasteiger partial charge in [-0.1, -0.05) is 26.7 Å². The molecule has 2 N–H and O–H groups in total. The molecular weight excluding hydrogens is 126 g/mol. The first-order chi connectivity index (χ1) is 4.81. The third-order valence-corrected chi connectivity index (χ3v) is 1.47. The highest BCUT2D eigenvalue weighted by Gasteiger charge is 1.97. The number of hydrogen-bond acceptors (Lipinski definition) is 2. The first-order valence-corrected chi connectivity index (χ1v) is 4.22. The van der Waals surface area contributed by atoms with Crippen LogP contribution in [0.15, 0.2) is 0 Å². The molecule has 0 fully saturated rings. The minimum absolute atomic E-state index is 0.281. The minimum atomic E-state index is -0.281. The van der Waals surface area contributed by atoms with E-state index >= 15 is 0 Å². The van der Waals surface area contributed by atoms with Crippen molar-refractivity contribution in [2.75, 3.05) is 6.54 Å². The van der Waals surface area contributed by atoms with E-state index in [-0.39, 0.29) is 6.23 Å². The second-order valence-electron chi connectivity index (χ2n) is 2.61. The molecule has 0 aliphatic heterocycles. The van der Waals surface area contributed by atoms with Gasteiger partial charge in [0.05, 0.1) is 0 Å². The van der Waals surface area contributed by atoms with Gasteiger partial charge in [-0.15, -0.1) is 0 Å². The first kappa shape index (κ1) is 9.92. The lowest BCUT2D eigenvalue weighted by Gasteiger charge is -2.10. The summed E-state index contributed by atoms with van der Waals surface area (Å²) >= 11 is 0. The molecule has 2 heteroatoms. The van der Waals surface area contributed by atoms with Crippen molar-refractivity contribution in [3.63, 3.8) is 0 Å². The molecule has 0 bridgehead atoms. The Kier molecular flexibility index (Phi) is 6.98. The topological polar surface area (TPSA) is 32.3 Å². The lowest BCUT2D eigenvalue weighted by atomic mass is 10.3. The molecule has 0 saturated carbocycles. The molecule has 0 spiro atoms. The van der Waals surface area contributed by atoms with Crippen LogP contribution >= 0.6 is 0 Å². The Morgan fingerprint density at radius 3 is 2.50 bits per heavy atom. The largest absolute Gasteiger partial charge is 0.379 e. The zero-order chi connectivity index (χ0) is 7.82. The van der Waals surface area contributed by atoms with Gasteiger partial charge in [0.1, 0.15) is 6.23 Å². The molecule has 2 nitrogen and oxygen atoms in total. The Morgan fingerprint density at radius 2 is 2.00 bits per heavy atom. The molecule has 0 aliphatic carbocycles. The quantitative estimate of drug-likeness (QED) is 0.438. The highest BCUT2D eigenvalue weighted by molar-refractivity contribution is 4.51. The summed E-state index contributed by atoms with van der Waals surface area (Å²) < 4.78 is 0. The van der Waals surface area contributed by atoms with Gasteiger partial charge in [0.15, 0.2) is 0 Å². The van der Waals surface area contributed by atoms with E-state index in [2.05, 4.69) is 19.2 Å². The van der Waals surface area contributed by atoms with E-state index in [1.807, 2.05) is 0 Å². The van der Waals surface area contributed by atoms with Crippen molar-refractivity contribution in [1.29, 1.82) is 0 Å². The van der Waals surface area contributed by atoms with Gasteiger partial charge in [0.25, 0.3) is 0 Å². The van der Waals surface area contributed by atoms with Crippen molar-refractivity contribution in [2.45, 2.75) is 45.8 Å². The van der Waals surface area contributed by atoms with E-state index in [0.29, 0.717) is 0 Å². The Balaban J connectivity index is 2.97. The summed E-state index contributed by atoms with van der Waals surface area (Å²) in [6, 6.07) is 0. The van der Waals surface area contributed by atoms with E-state index in [4.69, 9.17) is 5.11 Å². The van der Waals surface area contributed by atoms with Crippen molar-refractivity contribution in [3.8, 4) is 0 Å². The summed E-state index contributed by atoms with van der Waals surface area (Å²) in [6.07, 6.45) is 3.97. The van der Waals surface area contributed by atoms with Crippen molar-refractivity contribution >= 4 is 0 Å². The average molecular weight is 145 g/mol. The molecular formula is C8H19NO. The summed E-state index contributed by atoms with van der Waals surface area (Å²) in [5.74, 6) is 0. The van der Waals surface area contributed by atoms with E-state index in [1.54, 1.807) is 0 Å². The van der Waals surface area contributed by atoms with Gasteiger partial charge in [0, 0.05) is 0 Å². The molecule has 0 amide bonds. The van der Waals surface area contributed by atoms with Gasteiger partial charge in [-0.3, -0.25) is 5.32 Å². The predicted octanol–water partition coefficient (Wildman–Crippen LogP) is 1.49. The normalized spacial score (nSPS) is 13.5. The second-order valence-corrected chi connectivity index (χ2v) is 2.61. The van der Waals surface area contributed by atoms with Crippen LogP contribution in [-0.2, 0) is 0 Å². The van der Waals surface area contributed by atoms with Gasteiger partial charge in [-0.05, 0) is 19.4 Å². The maximum absolute atomic E-state index is 9.16. The molecule has 0 heterocycles. The van der Waals surface area contributed by atoms with Crippen LogP contribution in [0.4, 0.5) is 0 Å². The molecule has 62 valence electrons. The van der Waals surface area contributed by atoms with E-state index in [9.17, 15) is 0 Å². The lowest BCUT2D eigenvalue weighted by molar-refractivity contribution is 0.127. The number of unbranched alkanes of at least 4 members (excludes halogenated alkanes) is 1. The van der Waals surface area contributed by atoms with Crippen molar-refractivity contribution in [3.05, 3.63) is 0 Å². The zero-order valence-electron chi connectivity index (χ0n) is 7.06. The monoisotopic (exact) mass is 145 g/mol. The van der Waals surface area contributed by atoms with Gasteiger partial charge in [-0.2, -0.15) is 0 Å². The predicted molar refractivity (Wildman–Crippen MR) is 43.8 cm³/mol. The zero-order valence-corrected chi connectivity index (χ0v) is 7.06. The van der Waals surface area contributed by atoms with Crippen LogP contribution in [0.2, 0.25) is 0 Å². The number of rotatable bonds is 6. The fraction of sp³-hybridized carbons (Fsp3) is 1.00. The number of aliphatic hydroxyl groups excluding tert-OH is 1. The molecule has 1 atom stereocenters. The SMILES string of the molecule is CCCCNC(O)CCC. The number of aliphatic hydroxyl groups is 1. The Hall–Kier alpha value is -0.0800. The van der Waals surface area contributed by atoms with Crippen molar-refractivity contribution < 1.29 is 5.11 Å². The summed E-state index contributed by atoms with van der Waals surface area (Å²) in [5.41, 5.74) is 0. The molecule has 0 aromatic rings. The molecule has 0 aromatic heterocycles. The van der Waals surface area contributed by atoms with Crippen molar-refractivity contribution in [1.82, 2.24) is 5.32 Å². The fourth-order valence-corrected chi connectivity index (χ4v) is 0.821. The van der Waals surface area contributed by atoms with E-state index in [1.165, 1.54) is 6.42 Å². The van der Waals surface area contributed by atoms with E-state index in [0.717, 1.165) is 25.8 Å². The molecule has 10 heavy (non-hydrogen) atoms. The van der Waals surface area contributed by atoms with Gasteiger partial charge < -0.3 is 5.11 Å². The summed E-state index contributed by atoms with van der Waals surface area (Å²) in [6.45, 7) is 5.16. The Morgan fingerprint density at radius 1 is 1.30 bits per heavy atom. The molecule has 0 rings (SSSR count). The van der Waals surface area contributed by atoms with Gasteiger partial charge in [-0.25, -0.2) is 0 Å². The Labute approximate surface area is 63.6 Å².